The third-order valence-electron chi connectivity index (χ3n) is 3.11. The number of benzene rings is 1. The fraction of sp³-hybridized carbons (Fsp3) is 0.500. The largest absolute Gasteiger partial charge is 0.443 e. The smallest absolute Gasteiger partial charge is 0.426 e. The van der Waals surface area contributed by atoms with Crippen LogP contribution in [0.25, 0.3) is 0 Å². The molecule has 0 unspecified atom stereocenters. The van der Waals surface area contributed by atoms with Crippen molar-refractivity contribution in [2.75, 3.05) is 5.43 Å². The predicted molar refractivity (Wildman–Crippen MR) is 84.7 cm³/mol. The fourth-order valence-corrected chi connectivity index (χ4v) is 1.82. The highest BCUT2D eigenvalue weighted by atomic mass is 16.6. The SMILES string of the molecule is Cc1ccc(C(=O)NC2CC2)cc1NNC(=O)OC(C)(C)C. The van der Waals surface area contributed by atoms with E-state index in [2.05, 4.69) is 16.2 Å². The molecule has 6 heteroatoms. The van der Waals surface area contributed by atoms with Gasteiger partial charge in [0.25, 0.3) is 5.91 Å². The van der Waals surface area contributed by atoms with Crippen LogP contribution in [0.2, 0.25) is 0 Å². The van der Waals surface area contributed by atoms with Crippen LogP contribution in [0, 0.1) is 6.92 Å². The average Bonchev–Trinajstić information content (AvgIpc) is 3.19. The highest BCUT2D eigenvalue weighted by Gasteiger charge is 2.24. The van der Waals surface area contributed by atoms with E-state index in [1.165, 1.54) is 0 Å². The van der Waals surface area contributed by atoms with E-state index in [-0.39, 0.29) is 5.91 Å². The van der Waals surface area contributed by atoms with Crippen molar-refractivity contribution in [3.63, 3.8) is 0 Å². The van der Waals surface area contributed by atoms with Crippen molar-refractivity contribution in [3.8, 4) is 0 Å². The lowest BCUT2D eigenvalue weighted by Crippen LogP contribution is -2.36. The fourth-order valence-electron chi connectivity index (χ4n) is 1.82. The summed E-state index contributed by atoms with van der Waals surface area (Å²) >= 11 is 0. The normalized spacial score (nSPS) is 14.2. The molecule has 0 atom stereocenters. The zero-order valence-electron chi connectivity index (χ0n) is 13.4. The third-order valence-corrected chi connectivity index (χ3v) is 3.11. The first kappa shape index (κ1) is 16.1. The molecule has 1 aromatic rings. The summed E-state index contributed by atoms with van der Waals surface area (Å²) in [6.45, 7) is 7.27. The summed E-state index contributed by atoms with van der Waals surface area (Å²) < 4.78 is 5.15. The molecule has 0 radical (unpaired) electrons. The lowest BCUT2D eigenvalue weighted by atomic mass is 10.1. The molecule has 3 N–H and O–H groups in total. The summed E-state index contributed by atoms with van der Waals surface area (Å²) in [5, 5.41) is 2.93. The number of hydrogen-bond donors (Lipinski definition) is 3. The lowest BCUT2D eigenvalue weighted by molar-refractivity contribution is 0.0541. The number of amides is 2. The van der Waals surface area contributed by atoms with Gasteiger partial charge in [-0.3, -0.25) is 10.2 Å². The van der Waals surface area contributed by atoms with Crippen molar-refractivity contribution >= 4 is 17.7 Å². The summed E-state index contributed by atoms with van der Waals surface area (Å²) in [4.78, 5) is 23.7. The Morgan fingerprint density at radius 3 is 2.50 bits per heavy atom. The van der Waals surface area contributed by atoms with Crippen LogP contribution < -0.4 is 16.2 Å². The van der Waals surface area contributed by atoms with Crippen LogP contribution >= 0.6 is 0 Å². The quantitative estimate of drug-likeness (QED) is 0.747. The maximum atomic E-state index is 12.0. The van der Waals surface area contributed by atoms with Crippen molar-refractivity contribution in [1.82, 2.24) is 10.7 Å². The van der Waals surface area contributed by atoms with Crippen LogP contribution in [0.1, 0.15) is 49.5 Å². The second kappa shape index (κ2) is 6.25. The molecule has 0 spiro atoms. The summed E-state index contributed by atoms with van der Waals surface area (Å²) in [5.41, 5.74) is 6.84. The Hall–Kier alpha value is -2.24. The van der Waals surface area contributed by atoms with Gasteiger partial charge in [0, 0.05) is 11.6 Å². The molecular weight excluding hydrogens is 282 g/mol. The van der Waals surface area contributed by atoms with Gasteiger partial charge in [0.2, 0.25) is 0 Å². The van der Waals surface area contributed by atoms with E-state index in [9.17, 15) is 9.59 Å². The Morgan fingerprint density at radius 2 is 1.91 bits per heavy atom. The van der Waals surface area contributed by atoms with Gasteiger partial charge in [0.05, 0.1) is 5.69 Å². The van der Waals surface area contributed by atoms with Gasteiger partial charge in [-0.25, -0.2) is 10.2 Å². The van der Waals surface area contributed by atoms with Gasteiger partial charge in [-0.1, -0.05) is 6.07 Å². The topological polar surface area (TPSA) is 79.5 Å². The maximum Gasteiger partial charge on any atom is 0.426 e. The average molecular weight is 305 g/mol. The molecule has 1 aromatic carbocycles. The molecule has 0 bridgehead atoms. The lowest BCUT2D eigenvalue weighted by Gasteiger charge is -2.20. The minimum absolute atomic E-state index is 0.0946. The molecule has 1 fully saturated rings. The molecule has 0 saturated heterocycles. The number of hydrogen-bond acceptors (Lipinski definition) is 4. The molecule has 120 valence electrons. The number of aryl methyl sites for hydroxylation is 1. The zero-order valence-corrected chi connectivity index (χ0v) is 13.4. The van der Waals surface area contributed by atoms with Crippen LogP contribution in [0.5, 0.6) is 0 Å². The van der Waals surface area contributed by atoms with Crippen molar-refractivity contribution < 1.29 is 14.3 Å². The molecule has 2 rings (SSSR count). The van der Waals surface area contributed by atoms with Crippen molar-refractivity contribution in [1.29, 1.82) is 0 Å². The number of nitrogens with one attached hydrogen (secondary N) is 3. The molecule has 2 amide bonds. The molecule has 22 heavy (non-hydrogen) atoms. The standard InChI is InChI=1S/C16H23N3O3/c1-10-5-6-11(14(20)17-12-7-8-12)9-13(10)18-19-15(21)22-16(2,3)4/h5-6,9,12,18H,7-8H2,1-4H3,(H,17,20)(H,19,21). The Balaban J connectivity index is 1.97. The van der Waals surface area contributed by atoms with E-state index in [0.29, 0.717) is 17.3 Å². The van der Waals surface area contributed by atoms with E-state index < -0.39 is 11.7 Å². The van der Waals surface area contributed by atoms with Crippen LogP contribution in [0.4, 0.5) is 10.5 Å². The third kappa shape index (κ3) is 4.95. The van der Waals surface area contributed by atoms with E-state index in [1.807, 2.05) is 13.0 Å². The Morgan fingerprint density at radius 1 is 1.23 bits per heavy atom. The van der Waals surface area contributed by atoms with Gasteiger partial charge in [-0.2, -0.15) is 0 Å². The first-order valence-electron chi connectivity index (χ1n) is 7.41. The predicted octanol–water partition coefficient (Wildman–Crippen LogP) is 2.74. The van der Waals surface area contributed by atoms with Gasteiger partial charge in [0.15, 0.2) is 0 Å². The van der Waals surface area contributed by atoms with Gasteiger partial charge < -0.3 is 10.1 Å². The summed E-state index contributed by atoms with van der Waals surface area (Å²) in [5.74, 6) is -0.0946. The summed E-state index contributed by atoms with van der Waals surface area (Å²) in [6.07, 6.45) is 1.52. The van der Waals surface area contributed by atoms with Crippen molar-refractivity contribution in [2.45, 2.75) is 52.2 Å². The van der Waals surface area contributed by atoms with E-state index in [1.54, 1.807) is 32.9 Å². The van der Waals surface area contributed by atoms with Crippen molar-refractivity contribution in [3.05, 3.63) is 29.3 Å². The number of ether oxygens (including phenoxy) is 1. The Kier molecular flexibility index (Phi) is 4.59. The second-order valence-electron chi connectivity index (χ2n) is 6.53. The first-order valence-corrected chi connectivity index (χ1v) is 7.41. The maximum absolute atomic E-state index is 12.0. The minimum Gasteiger partial charge on any atom is -0.443 e. The highest BCUT2D eigenvalue weighted by Crippen LogP contribution is 2.21. The molecule has 0 aliphatic heterocycles. The molecule has 0 aromatic heterocycles. The van der Waals surface area contributed by atoms with E-state index in [4.69, 9.17) is 4.74 Å². The Labute approximate surface area is 130 Å². The van der Waals surface area contributed by atoms with E-state index in [0.717, 1.165) is 18.4 Å². The van der Waals surface area contributed by atoms with Crippen LogP contribution in [-0.2, 0) is 4.74 Å². The molecule has 1 aliphatic carbocycles. The van der Waals surface area contributed by atoms with Crippen LogP contribution in [0.3, 0.4) is 0 Å². The number of rotatable bonds is 4. The second-order valence-corrected chi connectivity index (χ2v) is 6.53. The van der Waals surface area contributed by atoms with Crippen molar-refractivity contribution in [2.24, 2.45) is 0 Å². The molecule has 1 aliphatic rings. The molecule has 0 heterocycles. The van der Waals surface area contributed by atoms with Gasteiger partial charge in [0.1, 0.15) is 5.60 Å². The number of carbonyl (C=O) groups is 2. The first-order chi connectivity index (χ1) is 10.2. The number of carbonyl (C=O) groups excluding carboxylic acids is 2. The highest BCUT2D eigenvalue weighted by molar-refractivity contribution is 5.95. The van der Waals surface area contributed by atoms with Gasteiger partial charge in [-0.05, 0) is 58.2 Å². The monoisotopic (exact) mass is 305 g/mol. The van der Waals surface area contributed by atoms with E-state index >= 15 is 0 Å². The molecule has 1 saturated carbocycles. The number of hydrazine groups is 1. The van der Waals surface area contributed by atoms with Gasteiger partial charge in [-0.15, -0.1) is 0 Å². The molecule has 6 nitrogen and oxygen atoms in total. The summed E-state index contributed by atoms with van der Waals surface area (Å²) in [6, 6.07) is 5.63. The van der Waals surface area contributed by atoms with Gasteiger partial charge >= 0.3 is 6.09 Å². The van der Waals surface area contributed by atoms with Crippen LogP contribution in [-0.4, -0.2) is 23.6 Å². The molecular formula is C16H23N3O3. The minimum atomic E-state index is -0.570. The number of anilines is 1. The van der Waals surface area contributed by atoms with Crippen LogP contribution in [0.15, 0.2) is 18.2 Å². The Bertz CT molecular complexity index is 574. The summed E-state index contributed by atoms with van der Waals surface area (Å²) in [7, 11) is 0. The zero-order chi connectivity index (χ0) is 16.3.